The van der Waals surface area contributed by atoms with E-state index in [-0.39, 0.29) is 0 Å². The van der Waals surface area contributed by atoms with Crippen molar-refractivity contribution in [2.24, 2.45) is 5.73 Å². The molecule has 12 heavy (non-hydrogen) atoms. The lowest BCUT2D eigenvalue weighted by Crippen LogP contribution is -2.32. The van der Waals surface area contributed by atoms with Crippen molar-refractivity contribution in [2.75, 3.05) is 0 Å². The molecule has 0 bridgehead atoms. The molecule has 64 valence electrons. The van der Waals surface area contributed by atoms with Gasteiger partial charge in [0.2, 0.25) is 0 Å². The van der Waals surface area contributed by atoms with Crippen molar-refractivity contribution in [3.8, 4) is 0 Å². The first-order chi connectivity index (χ1) is 6.13. The Bertz CT molecular complexity index is 289. The summed E-state index contributed by atoms with van der Waals surface area (Å²) in [7, 11) is 0. The van der Waals surface area contributed by atoms with E-state index >= 15 is 0 Å². The van der Waals surface area contributed by atoms with Gasteiger partial charge in [-0.05, 0) is 12.0 Å². The maximum atomic E-state index is 10.5. The molecule has 0 aliphatic carbocycles. The lowest BCUT2D eigenvalue weighted by molar-refractivity contribution is -0.138. The van der Waals surface area contributed by atoms with E-state index in [1.807, 2.05) is 6.07 Å². The average molecular weight is 166 g/mol. The highest BCUT2D eigenvalue weighted by Crippen LogP contribution is 2.01. The Morgan fingerprint density at radius 1 is 1.58 bits per heavy atom. The van der Waals surface area contributed by atoms with Crippen molar-refractivity contribution >= 4 is 5.97 Å². The molecule has 0 heterocycles. The van der Waals surface area contributed by atoms with Crippen molar-refractivity contribution in [1.82, 2.24) is 0 Å². The minimum absolute atomic E-state index is 0.623. The van der Waals surface area contributed by atoms with Gasteiger partial charge in [0.15, 0.2) is 0 Å². The van der Waals surface area contributed by atoms with E-state index < -0.39 is 18.4 Å². The minimum atomic E-state index is -1.16. The van der Waals surface area contributed by atoms with Crippen molar-refractivity contribution in [1.29, 1.82) is 0 Å². The number of carboxylic acid groups (broad SMARTS) is 1. The number of hydrogen-bond acceptors (Lipinski definition) is 2. The van der Waals surface area contributed by atoms with Crippen LogP contribution in [0, 0.1) is 0 Å². The van der Waals surface area contributed by atoms with E-state index in [1.165, 1.54) is 0 Å². The van der Waals surface area contributed by atoms with Crippen LogP contribution in [0.25, 0.3) is 0 Å². The summed E-state index contributed by atoms with van der Waals surface area (Å²) in [4.78, 5) is 10.5. The molecular formula is C9H11NO2. The van der Waals surface area contributed by atoms with E-state index in [0.29, 0.717) is 5.56 Å². The number of rotatable bonds is 3. The molecule has 3 heteroatoms. The molecule has 0 amide bonds. The first-order valence-corrected chi connectivity index (χ1v) is 3.58. The highest BCUT2D eigenvalue weighted by Gasteiger charge is 2.10. The summed E-state index contributed by atoms with van der Waals surface area (Å²) in [5.74, 6) is -1.15. The van der Waals surface area contributed by atoms with Gasteiger partial charge in [-0.2, -0.15) is 0 Å². The third-order valence-corrected chi connectivity index (χ3v) is 1.46. The number of aliphatic carboxylic acids is 1. The van der Waals surface area contributed by atoms with E-state index in [0.717, 1.165) is 0 Å². The largest absolute Gasteiger partial charge is 0.480 e. The summed E-state index contributed by atoms with van der Waals surface area (Å²) in [6, 6.07) is 7.54. The monoisotopic (exact) mass is 166 g/mol. The predicted octanol–water partition coefficient (Wildman–Crippen LogP) is 0.641. The summed E-state index contributed by atoms with van der Waals surface area (Å²) >= 11 is 0. The Morgan fingerprint density at radius 2 is 2.17 bits per heavy atom. The van der Waals surface area contributed by atoms with Gasteiger partial charge in [-0.1, -0.05) is 30.3 Å². The Labute approximate surface area is 72.2 Å². The van der Waals surface area contributed by atoms with Gasteiger partial charge in [-0.25, -0.2) is 0 Å². The molecule has 2 atom stereocenters. The fraction of sp³-hybridized carbons (Fsp3) is 0.222. The highest BCUT2D eigenvalue weighted by molar-refractivity contribution is 5.73. The molecule has 0 aromatic heterocycles. The summed E-state index contributed by atoms with van der Waals surface area (Å²) in [5, 5.41) is 8.57. The molecule has 0 aliphatic heterocycles. The first kappa shape index (κ1) is 7.31. The lowest BCUT2D eigenvalue weighted by atomic mass is 10.1. The standard InChI is InChI=1S/C9H11NO2/c10-8(9(11)12)6-7-4-2-1-3-5-7/h1-5,8H,6,10H2,(H,11,12)/t8-/m0/s1/i6D/t6-,8+/m1. The van der Waals surface area contributed by atoms with Crippen LogP contribution in [-0.4, -0.2) is 17.1 Å². The summed E-state index contributed by atoms with van der Waals surface area (Å²) in [5.41, 5.74) is 5.93. The van der Waals surface area contributed by atoms with Crippen LogP contribution in [0.1, 0.15) is 6.93 Å². The normalized spacial score (nSPS) is 16.2. The molecule has 0 saturated carbocycles. The SMILES string of the molecule is [2H][C@H](c1ccccc1)[C@H](N)C(=O)O. The van der Waals surface area contributed by atoms with Gasteiger partial charge >= 0.3 is 5.97 Å². The zero-order chi connectivity index (χ0) is 9.84. The number of nitrogens with two attached hydrogens (primary N) is 1. The van der Waals surface area contributed by atoms with Crippen molar-refractivity contribution in [3.63, 3.8) is 0 Å². The van der Waals surface area contributed by atoms with Crippen LogP contribution >= 0.6 is 0 Å². The second-order valence-electron chi connectivity index (χ2n) is 2.44. The highest BCUT2D eigenvalue weighted by atomic mass is 16.4. The Balaban J connectivity index is 2.79. The zero-order valence-corrected chi connectivity index (χ0v) is 6.47. The average Bonchev–Trinajstić information content (AvgIpc) is 2.17. The summed E-state index contributed by atoms with van der Waals surface area (Å²) in [6.07, 6.45) is -0.904. The van der Waals surface area contributed by atoms with Crippen LogP contribution in [0.15, 0.2) is 30.3 Å². The van der Waals surface area contributed by atoms with Gasteiger partial charge in [-0.15, -0.1) is 0 Å². The van der Waals surface area contributed by atoms with Gasteiger partial charge in [0.25, 0.3) is 0 Å². The van der Waals surface area contributed by atoms with Crippen LogP contribution in [0.5, 0.6) is 0 Å². The number of carbonyl (C=O) groups is 1. The number of carboxylic acids is 1. The fourth-order valence-corrected chi connectivity index (χ4v) is 0.843. The first-order valence-electron chi connectivity index (χ1n) is 4.16. The zero-order valence-electron chi connectivity index (χ0n) is 7.47. The van der Waals surface area contributed by atoms with Crippen molar-refractivity contribution in [3.05, 3.63) is 35.9 Å². The summed E-state index contributed by atoms with van der Waals surface area (Å²) < 4.78 is 7.54. The Morgan fingerprint density at radius 3 is 2.67 bits per heavy atom. The van der Waals surface area contributed by atoms with Gasteiger partial charge in [0, 0.05) is 1.37 Å². The quantitative estimate of drug-likeness (QED) is 0.692. The Kier molecular flexibility index (Phi) is 2.36. The third kappa shape index (κ3) is 2.36. The van der Waals surface area contributed by atoms with Gasteiger partial charge < -0.3 is 10.8 Å². The smallest absolute Gasteiger partial charge is 0.320 e. The van der Waals surface area contributed by atoms with Gasteiger partial charge in [0.05, 0.1) is 0 Å². The maximum Gasteiger partial charge on any atom is 0.320 e. The van der Waals surface area contributed by atoms with Crippen LogP contribution in [0.3, 0.4) is 0 Å². The molecule has 0 aliphatic rings. The maximum absolute atomic E-state index is 10.5. The molecule has 0 fully saturated rings. The van der Waals surface area contributed by atoms with Crippen molar-refractivity contribution in [2.45, 2.75) is 12.4 Å². The molecule has 3 nitrogen and oxygen atoms in total. The number of benzene rings is 1. The fourth-order valence-electron chi connectivity index (χ4n) is 0.843. The van der Waals surface area contributed by atoms with Crippen LogP contribution < -0.4 is 5.73 Å². The third-order valence-electron chi connectivity index (χ3n) is 1.46. The molecule has 0 radical (unpaired) electrons. The van der Waals surface area contributed by atoms with Gasteiger partial charge in [0.1, 0.15) is 6.04 Å². The molecule has 1 aromatic rings. The van der Waals surface area contributed by atoms with E-state index in [2.05, 4.69) is 0 Å². The van der Waals surface area contributed by atoms with E-state index in [9.17, 15) is 4.79 Å². The molecule has 1 aromatic carbocycles. The molecule has 0 spiro atoms. The van der Waals surface area contributed by atoms with E-state index in [4.69, 9.17) is 12.2 Å². The molecule has 1 rings (SSSR count). The van der Waals surface area contributed by atoms with E-state index in [1.54, 1.807) is 24.3 Å². The van der Waals surface area contributed by atoms with Crippen LogP contribution in [-0.2, 0) is 11.2 Å². The predicted molar refractivity (Wildman–Crippen MR) is 45.8 cm³/mol. The van der Waals surface area contributed by atoms with Crippen LogP contribution in [0.2, 0.25) is 0 Å². The Hall–Kier alpha value is -1.35. The second kappa shape index (κ2) is 3.88. The lowest BCUT2D eigenvalue weighted by Gasteiger charge is -2.04. The summed E-state index contributed by atoms with van der Waals surface area (Å²) in [6.45, 7) is 0. The minimum Gasteiger partial charge on any atom is -0.480 e. The molecular weight excluding hydrogens is 154 g/mol. The molecule has 3 N–H and O–H groups in total. The molecule has 0 saturated heterocycles. The van der Waals surface area contributed by atoms with Crippen molar-refractivity contribution < 1.29 is 11.3 Å². The number of hydrogen-bond donors (Lipinski definition) is 2. The molecule has 0 unspecified atom stereocenters. The van der Waals surface area contributed by atoms with Gasteiger partial charge in [-0.3, -0.25) is 4.79 Å². The topological polar surface area (TPSA) is 63.3 Å². The second-order valence-corrected chi connectivity index (χ2v) is 2.44. The van der Waals surface area contributed by atoms with Crippen LogP contribution in [0.4, 0.5) is 0 Å².